The van der Waals surface area contributed by atoms with Gasteiger partial charge in [-0.3, -0.25) is 4.79 Å². The van der Waals surface area contributed by atoms with Gasteiger partial charge in [-0.25, -0.2) is 4.98 Å². The second-order valence-electron chi connectivity index (χ2n) is 4.41. The van der Waals surface area contributed by atoms with E-state index in [-0.39, 0.29) is 6.42 Å². The number of carboxylic acids is 1. The van der Waals surface area contributed by atoms with Gasteiger partial charge in [0.1, 0.15) is 17.9 Å². The topological polar surface area (TPSA) is 81.8 Å². The summed E-state index contributed by atoms with van der Waals surface area (Å²) in [5.41, 5.74) is 1.27. The van der Waals surface area contributed by atoms with Crippen molar-refractivity contribution in [1.29, 1.82) is 0 Å². The number of nitrogens with zero attached hydrogens (tertiary/aromatic N) is 1. The van der Waals surface area contributed by atoms with E-state index in [0.29, 0.717) is 36.2 Å². The summed E-state index contributed by atoms with van der Waals surface area (Å²) in [6, 6.07) is 5.41. The zero-order valence-electron chi connectivity index (χ0n) is 10.7. The number of benzene rings is 1. The Labute approximate surface area is 115 Å². The number of carboxylic acid groups (broad SMARTS) is 1. The van der Waals surface area contributed by atoms with Crippen LogP contribution in [0.1, 0.15) is 12.2 Å². The molecule has 0 bridgehead atoms. The molecule has 0 saturated carbocycles. The summed E-state index contributed by atoms with van der Waals surface area (Å²) >= 11 is 0. The second-order valence-corrected chi connectivity index (χ2v) is 4.41. The lowest BCUT2D eigenvalue weighted by molar-refractivity contribution is -0.136. The third-order valence-electron chi connectivity index (χ3n) is 2.97. The van der Waals surface area contributed by atoms with Gasteiger partial charge in [0.2, 0.25) is 0 Å². The number of oxazole rings is 1. The molecular weight excluding hydrogens is 262 g/mol. The standard InChI is InChI=1S/C14H13NO5/c16-13(17)7-12-14(15-8-20-12)9-2-3-10-11(6-9)19-5-1-4-18-10/h2-3,6,8H,1,4-5,7H2,(H,16,17). The van der Waals surface area contributed by atoms with Crippen molar-refractivity contribution in [3.63, 3.8) is 0 Å². The van der Waals surface area contributed by atoms with E-state index in [1.54, 1.807) is 12.1 Å². The molecule has 2 aromatic rings. The number of aliphatic carboxylic acids is 1. The van der Waals surface area contributed by atoms with Gasteiger partial charge in [0, 0.05) is 12.0 Å². The van der Waals surface area contributed by atoms with E-state index in [4.69, 9.17) is 19.0 Å². The highest BCUT2D eigenvalue weighted by atomic mass is 16.5. The fourth-order valence-corrected chi connectivity index (χ4v) is 2.08. The van der Waals surface area contributed by atoms with Gasteiger partial charge in [-0.2, -0.15) is 0 Å². The van der Waals surface area contributed by atoms with Crippen LogP contribution in [0.25, 0.3) is 11.3 Å². The van der Waals surface area contributed by atoms with Crippen molar-refractivity contribution in [1.82, 2.24) is 4.98 Å². The second kappa shape index (κ2) is 5.24. The summed E-state index contributed by atoms with van der Waals surface area (Å²) in [6.07, 6.45) is 1.87. The highest BCUT2D eigenvalue weighted by Crippen LogP contribution is 2.34. The first kappa shape index (κ1) is 12.5. The van der Waals surface area contributed by atoms with E-state index in [1.807, 2.05) is 6.07 Å². The first-order chi connectivity index (χ1) is 9.74. The number of rotatable bonds is 3. The van der Waals surface area contributed by atoms with Crippen LogP contribution in [0.2, 0.25) is 0 Å². The van der Waals surface area contributed by atoms with E-state index in [2.05, 4.69) is 4.98 Å². The maximum Gasteiger partial charge on any atom is 0.311 e. The van der Waals surface area contributed by atoms with Crippen molar-refractivity contribution in [3.05, 3.63) is 30.4 Å². The molecule has 0 fully saturated rings. The number of hydrogen-bond donors (Lipinski definition) is 1. The molecule has 1 aromatic heterocycles. The lowest BCUT2D eigenvalue weighted by Gasteiger charge is -2.08. The van der Waals surface area contributed by atoms with Gasteiger partial charge < -0.3 is 19.0 Å². The summed E-state index contributed by atoms with van der Waals surface area (Å²) in [7, 11) is 0. The molecule has 104 valence electrons. The molecule has 6 nitrogen and oxygen atoms in total. The van der Waals surface area contributed by atoms with Gasteiger partial charge in [-0.05, 0) is 18.2 Å². The SMILES string of the molecule is O=C(O)Cc1ocnc1-c1ccc2c(c1)OCCCO2. The van der Waals surface area contributed by atoms with Gasteiger partial charge in [-0.15, -0.1) is 0 Å². The molecular formula is C14H13NO5. The van der Waals surface area contributed by atoms with Gasteiger partial charge in [0.25, 0.3) is 0 Å². The quantitative estimate of drug-likeness (QED) is 0.924. The van der Waals surface area contributed by atoms with Crippen molar-refractivity contribution in [2.75, 3.05) is 13.2 Å². The molecule has 3 rings (SSSR count). The smallest absolute Gasteiger partial charge is 0.311 e. The molecule has 0 atom stereocenters. The van der Waals surface area contributed by atoms with Crippen molar-refractivity contribution in [2.45, 2.75) is 12.8 Å². The zero-order chi connectivity index (χ0) is 13.9. The van der Waals surface area contributed by atoms with Crippen LogP contribution in [0.3, 0.4) is 0 Å². The van der Waals surface area contributed by atoms with Crippen molar-refractivity contribution in [3.8, 4) is 22.8 Å². The number of hydrogen-bond acceptors (Lipinski definition) is 5. The monoisotopic (exact) mass is 275 g/mol. The van der Waals surface area contributed by atoms with Crippen LogP contribution in [0, 0.1) is 0 Å². The Morgan fingerprint density at radius 1 is 1.25 bits per heavy atom. The fraction of sp³-hybridized carbons (Fsp3) is 0.286. The van der Waals surface area contributed by atoms with Crippen molar-refractivity contribution < 1.29 is 23.8 Å². The molecule has 0 saturated heterocycles. The molecule has 1 aliphatic heterocycles. The van der Waals surface area contributed by atoms with Crippen LogP contribution in [0.4, 0.5) is 0 Å². The van der Waals surface area contributed by atoms with Crippen LogP contribution in [0.5, 0.6) is 11.5 Å². The number of fused-ring (bicyclic) bond motifs is 1. The van der Waals surface area contributed by atoms with E-state index in [9.17, 15) is 4.79 Å². The molecule has 0 amide bonds. The molecule has 1 N–H and O–H groups in total. The number of aromatic nitrogens is 1. The predicted molar refractivity (Wildman–Crippen MR) is 68.9 cm³/mol. The Hall–Kier alpha value is -2.50. The van der Waals surface area contributed by atoms with Crippen LogP contribution in [-0.4, -0.2) is 29.3 Å². The third-order valence-corrected chi connectivity index (χ3v) is 2.97. The average Bonchev–Trinajstić information content (AvgIpc) is 2.74. The Morgan fingerprint density at radius 2 is 2.05 bits per heavy atom. The summed E-state index contributed by atoms with van der Waals surface area (Å²) < 4.78 is 16.3. The molecule has 0 radical (unpaired) electrons. The van der Waals surface area contributed by atoms with E-state index in [1.165, 1.54) is 6.39 Å². The van der Waals surface area contributed by atoms with Gasteiger partial charge >= 0.3 is 5.97 Å². The summed E-state index contributed by atoms with van der Waals surface area (Å²) in [5.74, 6) is 0.697. The van der Waals surface area contributed by atoms with Crippen LogP contribution < -0.4 is 9.47 Å². The van der Waals surface area contributed by atoms with Crippen molar-refractivity contribution >= 4 is 5.97 Å². The normalized spacial score (nSPS) is 13.8. The van der Waals surface area contributed by atoms with Crippen LogP contribution >= 0.6 is 0 Å². The fourth-order valence-electron chi connectivity index (χ4n) is 2.08. The molecule has 20 heavy (non-hydrogen) atoms. The molecule has 1 aliphatic rings. The minimum atomic E-state index is -0.961. The third kappa shape index (κ3) is 2.45. The number of carbonyl (C=O) groups is 1. The Morgan fingerprint density at radius 3 is 2.85 bits per heavy atom. The largest absolute Gasteiger partial charge is 0.490 e. The summed E-state index contributed by atoms with van der Waals surface area (Å²) in [4.78, 5) is 14.9. The first-order valence-electron chi connectivity index (χ1n) is 6.28. The van der Waals surface area contributed by atoms with Gasteiger partial charge in [-0.1, -0.05) is 0 Å². The molecule has 1 aromatic carbocycles. The lowest BCUT2D eigenvalue weighted by Crippen LogP contribution is -2.00. The molecule has 0 aliphatic carbocycles. The highest BCUT2D eigenvalue weighted by molar-refractivity contribution is 5.74. The molecule has 0 spiro atoms. The Bertz CT molecular complexity index is 634. The maximum absolute atomic E-state index is 10.8. The molecule has 2 heterocycles. The minimum absolute atomic E-state index is 0.205. The highest BCUT2D eigenvalue weighted by Gasteiger charge is 2.17. The van der Waals surface area contributed by atoms with E-state index >= 15 is 0 Å². The number of ether oxygens (including phenoxy) is 2. The summed E-state index contributed by atoms with van der Waals surface area (Å²) in [6.45, 7) is 1.22. The Balaban J connectivity index is 1.96. The predicted octanol–water partition coefficient (Wildman–Crippen LogP) is 2.13. The van der Waals surface area contributed by atoms with Crippen LogP contribution in [-0.2, 0) is 11.2 Å². The lowest BCUT2D eigenvalue weighted by atomic mass is 10.1. The average molecular weight is 275 g/mol. The summed E-state index contributed by atoms with van der Waals surface area (Å²) in [5, 5.41) is 8.85. The van der Waals surface area contributed by atoms with Gasteiger partial charge in [0.05, 0.1) is 13.2 Å². The van der Waals surface area contributed by atoms with E-state index in [0.717, 1.165) is 12.0 Å². The molecule has 0 unspecified atom stereocenters. The van der Waals surface area contributed by atoms with E-state index < -0.39 is 5.97 Å². The van der Waals surface area contributed by atoms with Crippen molar-refractivity contribution in [2.24, 2.45) is 0 Å². The minimum Gasteiger partial charge on any atom is -0.490 e. The first-order valence-corrected chi connectivity index (χ1v) is 6.28. The molecule has 6 heteroatoms. The van der Waals surface area contributed by atoms with Crippen LogP contribution in [0.15, 0.2) is 29.0 Å². The Kier molecular flexibility index (Phi) is 3.28. The maximum atomic E-state index is 10.8. The zero-order valence-corrected chi connectivity index (χ0v) is 10.7. The van der Waals surface area contributed by atoms with Gasteiger partial charge in [0.15, 0.2) is 17.9 Å².